The van der Waals surface area contributed by atoms with Crippen molar-refractivity contribution in [2.75, 3.05) is 20.1 Å². The minimum atomic E-state index is -3.60. The average Bonchev–Trinajstić information content (AvgIpc) is 2.68. The van der Waals surface area contributed by atoms with Crippen LogP contribution in [-0.4, -0.2) is 48.7 Å². The van der Waals surface area contributed by atoms with Gasteiger partial charge in [0, 0.05) is 43.5 Å². The Balaban J connectivity index is 1.69. The van der Waals surface area contributed by atoms with Crippen molar-refractivity contribution in [2.45, 2.75) is 24.3 Å². The van der Waals surface area contributed by atoms with Gasteiger partial charge in [-0.3, -0.25) is 9.78 Å². The summed E-state index contributed by atoms with van der Waals surface area (Å²) < 4.78 is 28.1. The van der Waals surface area contributed by atoms with Gasteiger partial charge >= 0.3 is 0 Å². The van der Waals surface area contributed by atoms with E-state index in [1.165, 1.54) is 4.31 Å². The average molecular weight is 452 g/mol. The lowest BCUT2D eigenvalue weighted by molar-refractivity contribution is -0.135. The number of carbonyl (C=O) groups is 1. The fourth-order valence-corrected chi connectivity index (χ4v) is 5.06. The number of benzene rings is 1. The van der Waals surface area contributed by atoms with Gasteiger partial charge in [0.25, 0.3) is 0 Å². The Morgan fingerprint density at radius 2 is 1.89 bits per heavy atom. The molecule has 144 valence electrons. The third-order valence-electron chi connectivity index (χ3n) is 4.73. The lowest BCUT2D eigenvalue weighted by atomic mass is 9.98. The first-order valence-corrected chi connectivity index (χ1v) is 11.0. The Hall–Kier alpha value is -1.77. The Kier molecular flexibility index (Phi) is 6.29. The molecular formula is C19H22BrN3O3S. The fraction of sp³-hybridized carbons (Fsp3) is 0.368. The van der Waals surface area contributed by atoms with E-state index < -0.39 is 10.0 Å². The van der Waals surface area contributed by atoms with E-state index in [9.17, 15) is 13.2 Å². The number of hydrogen-bond donors (Lipinski definition) is 0. The van der Waals surface area contributed by atoms with Crippen molar-refractivity contribution in [1.29, 1.82) is 0 Å². The lowest BCUT2D eigenvalue weighted by Gasteiger charge is -2.33. The predicted molar refractivity (Wildman–Crippen MR) is 106 cm³/mol. The van der Waals surface area contributed by atoms with Crippen molar-refractivity contribution in [3.63, 3.8) is 0 Å². The van der Waals surface area contributed by atoms with Crippen molar-refractivity contribution in [3.05, 3.63) is 58.8 Å². The molecule has 1 aliphatic rings. The number of carbonyl (C=O) groups excluding carboxylic acids is 1. The van der Waals surface area contributed by atoms with Gasteiger partial charge in [0.1, 0.15) is 0 Å². The van der Waals surface area contributed by atoms with E-state index in [0.29, 0.717) is 25.9 Å². The summed E-state index contributed by atoms with van der Waals surface area (Å²) in [6.07, 6.45) is 4.77. The highest BCUT2D eigenvalue weighted by Crippen LogP contribution is 2.26. The maximum absolute atomic E-state index is 12.9. The van der Waals surface area contributed by atoms with Gasteiger partial charge in [0.05, 0.1) is 10.8 Å². The summed E-state index contributed by atoms with van der Waals surface area (Å²) in [5, 5.41) is 0. The van der Waals surface area contributed by atoms with Crippen LogP contribution >= 0.6 is 15.9 Å². The highest BCUT2D eigenvalue weighted by Gasteiger charge is 2.34. The van der Waals surface area contributed by atoms with Crippen LogP contribution in [0.5, 0.6) is 0 Å². The number of sulfonamides is 1. The van der Waals surface area contributed by atoms with Crippen molar-refractivity contribution < 1.29 is 13.2 Å². The molecule has 1 amide bonds. The molecule has 1 unspecified atom stereocenters. The molecule has 0 N–H and O–H groups in total. The molecule has 1 saturated heterocycles. The van der Waals surface area contributed by atoms with Crippen LogP contribution < -0.4 is 0 Å². The second-order valence-corrected chi connectivity index (χ2v) is 9.56. The van der Waals surface area contributed by atoms with Crippen molar-refractivity contribution >= 4 is 31.9 Å². The largest absolute Gasteiger partial charge is 0.341 e. The van der Waals surface area contributed by atoms with Gasteiger partial charge in [0.15, 0.2) is 0 Å². The SMILES string of the molecule is CN(Cc1ccncc1)C(=O)C1CCCN(S(=O)(=O)c2ccc(Br)cc2)C1. The van der Waals surface area contributed by atoms with E-state index in [4.69, 9.17) is 0 Å². The van der Waals surface area contributed by atoms with Crippen LogP contribution in [-0.2, 0) is 21.4 Å². The number of halogens is 1. The number of aromatic nitrogens is 1. The van der Waals surface area contributed by atoms with Gasteiger partial charge in [-0.25, -0.2) is 8.42 Å². The molecular weight excluding hydrogens is 430 g/mol. The summed E-state index contributed by atoms with van der Waals surface area (Å²) in [5.41, 5.74) is 0.996. The highest BCUT2D eigenvalue weighted by atomic mass is 79.9. The molecule has 27 heavy (non-hydrogen) atoms. The Labute approximate surface area is 168 Å². The second kappa shape index (κ2) is 8.50. The molecule has 1 aromatic heterocycles. The minimum Gasteiger partial charge on any atom is -0.341 e. The molecule has 1 atom stereocenters. The summed E-state index contributed by atoms with van der Waals surface area (Å²) in [5.74, 6) is -0.349. The monoisotopic (exact) mass is 451 g/mol. The number of amides is 1. The second-order valence-electron chi connectivity index (χ2n) is 6.71. The Morgan fingerprint density at radius 3 is 2.56 bits per heavy atom. The van der Waals surface area contributed by atoms with Crippen molar-refractivity contribution in [2.24, 2.45) is 5.92 Å². The zero-order valence-electron chi connectivity index (χ0n) is 15.1. The molecule has 6 nitrogen and oxygen atoms in total. The predicted octanol–water partition coefficient (Wildman–Crippen LogP) is 2.90. The number of piperidine rings is 1. The van der Waals surface area contributed by atoms with E-state index in [0.717, 1.165) is 10.0 Å². The summed E-state index contributed by atoms with van der Waals surface area (Å²) >= 11 is 3.32. The first kappa shape index (κ1) is 20.0. The van der Waals surface area contributed by atoms with Gasteiger partial charge in [-0.05, 0) is 54.8 Å². The number of rotatable bonds is 5. The summed E-state index contributed by atoms with van der Waals surface area (Å²) in [6, 6.07) is 10.3. The molecule has 2 aromatic rings. The van der Waals surface area contributed by atoms with Gasteiger partial charge in [-0.15, -0.1) is 0 Å². The molecule has 0 radical (unpaired) electrons. The molecule has 0 bridgehead atoms. The molecule has 0 spiro atoms. The van der Waals surface area contributed by atoms with Gasteiger partial charge in [0.2, 0.25) is 15.9 Å². The van der Waals surface area contributed by atoms with E-state index in [1.807, 2.05) is 12.1 Å². The van der Waals surface area contributed by atoms with E-state index in [1.54, 1.807) is 48.6 Å². The summed E-state index contributed by atoms with van der Waals surface area (Å²) in [4.78, 5) is 18.7. The van der Waals surface area contributed by atoms with Gasteiger partial charge < -0.3 is 4.90 Å². The van der Waals surface area contributed by atoms with Crippen LogP contribution in [0, 0.1) is 5.92 Å². The first-order valence-electron chi connectivity index (χ1n) is 8.77. The molecule has 1 aromatic carbocycles. The third kappa shape index (κ3) is 4.75. The summed E-state index contributed by atoms with van der Waals surface area (Å²) in [6.45, 7) is 1.14. The van der Waals surface area contributed by atoms with Crippen LogP contribution in [0.1, 0.15) is 18.4 Å². The van der Waals surface area contributed by atoms with Crippen LogP contribution in [0.3, 0.4) is 0 Å². The quantitative estimate of drug-likeness (QED) is 0.700. The molecule has 8 heteroatoms. The number of pyridine rings is 1. The Morgan fingerprint density at radius 1 is 1.22 bits per heavy atom. The van der Waals surface area contributed by atoms with Crippen molar-refractivity contribution in [1.82, 2.24) is 14.2 Å². The maximum atomic E-state index is 12.9. The first-order chi connectivity index (χ1) is 12.9. The maximum Gasteiger partial charge on any atom is 0.243 e. The van der Waals surface area contributed by atoms with E-state index in [-0.39, 0.29) is 23.3 Å². The van der Waals surface area contributed by atoms with Gasteiger partial charge in [-0.2, -0.15) is 4.31 Å². The van der Waals surface area contributed by atoms with Crippen molar-refractivity contribution in [3.8, 4) is 0 Å². The van der Waals surface area contributed by atoms with Crippen LogP contribution in [0.25, 0.3) is 0 Å². The molecule has 1 fully saturated rings. The van der Waals surface area contributed by atoms with E-state index in [2.05, 4.69) is 20.9 Å². The molecule has 0 aliphatic carbocycles. The molecule has 2 heterocycles. The molecule has 0 saturated carbocycles. The highest BCUT2D eigenvalue weighted by molar-refractivity contribution is 9.10. The Bertz CT molecular complexity index is 888. The van der Waals surface area contributed by atoms with Crippen LogP contribution in [0.4, 0.5) is 0 Å². The molecule has 3 rings (SSSR count). The smallest absolute Gasteiger partial charge is 0.243 e. The number of nitrogens with zero attached hydrogens (tertiary/aromatic N) is 3. The fourth-order valence-electron chi connectivity index (χ4n) is 3.27. The lowest BCUT2D eigenvalue weighted by Crippen LogP contribution is -2.45. The normalized spacial score (nSPS) is 18.2. The van der Waals surface area contributed by atoms with E-state index >= 15 is 0 Å². The zero-order chi connectivity index (χ0) is 19.4. The van der Waals surface area contributed by atoms with Crippen LogP contribution in [0.2, 0.25) is 0 Å². The summed E-state index contributed by atoms with van der Waals surface area (Å²) in [7, 11) is -1.84. The topological polar surface area (TPSA) is 70.6 Å². The number of hydrogen-bond acceptors (Lipinski definition) is 4. The van der Waals surface area contributed by atoms with Gasteiger partial charge in [-0.1, -0.05) is 15.9 Å². The standard InChI is InChI=1S/C19H22BrN3O3S/c1-22(13-15-8-10-21-11-9-15)19(24)16-3-2-12-23(14-16)27(25,26)18-6-4-17(20)5-7-18/h4-11,16H,2-3,12-14H2,1H3. The zero-order valence-corrected chi connectivity index (χ0v) is 17.5. The molecule has 1 aliphatic heterocycles. The third-order valence-corrected chi connectivity index (χ3v) is 7.14. The van der Waals surface area contributed by atoms with Crippen LogP contribution in [0.15, 0.2) is 58.2 Å². The minimum absolute atomic E-state index is 0.0254.